The van der Waals surface area contributed by atoms with Crippen LogP contribution < -0.4 is 20.1 Å². The third kappa shape index (κ3) is 3.95. The summed E-state index contributed by atoms with van der Waals surface area (Å²) in [5.41, 5.74) is 1.61. The number of hydrogen-bond donors (Lipinski definition) is 2. The van der Waals surface area contributed by atoms with Crippen LogP contribution in [0.5, 0.6) is 11.5 Å². The molecule has 168 valence electrons. The van der Waals surface area contributed by atoms with Crippen LogP contribution >= 0.6 is 11.6 Å². The fraction of sp³-hybridized carbons (Fsp3) is 0.417. The molecule has 1 unspecified atom stereocenters. The Morgan fingerprint density at radius 2 is 1.94 bits per heavy atom. The van der Waals surface area contributed by atoms with Crippen molar-refractivity contribution in [1.29, 1.82) is 0 Å². The molecule has 1 aromatic heterocycles. The number of aryl methyl sites for hydroxylation is 1. The van der Waals surface area contributed by atoms with E-state index in [0.29, 0.717) is 46.3 Å². The Labute approximate surface area is 191 Å². The van der Waals surface area contributed by atoms with E-state index in [1.165, 1.54) is 19.2 Å². The average molecular weight is 457 g/mol. The number of nitrogens with one attached hydrogen (secondary N) is 2. The average Bonchev–Trinajstić information content (AvgIpc) is 3.39. The van der Waals surface area contributed by atoms with Gasteiger partial charge in [-0.1, -0.05) is 17.7 Å². The van der Waals surface area contributed by atoms with Crippen molar-refractivity contribution in [2.24, 2.45) is 17.8 Å². The fourth-order valence-corrected chi connectivity index (χ4v) is 5.11. The molecule has 2 fully saturated rings. The van der Waals surface area contributed by atoms with E-state index in [2.05, 4.69) is 20.6 Å². The van der Waals surface area contributed by atoms with Crippen LogP contribution in [0, 0.1) is 30.5 Å². The summed E-state index contributed by atoms with van der Waals surface area (Å²) in [6.45, 7) is 4.68. The van der Waals surface area contributed by atoms with Gasteiger partial charge in [-0.15, -0.1) is 0 Å². The Bertz CT molecular complexity index is 1150. The second-order valence-electron chi connectivity index (χ2n) is 8.75. The van der Waals surface area contributed by atoms with Crippen molar-refractivity contribution < 1.29 is 13.9 Å². The number of aromatic nitrogens is 2. The van der Waals surface area contributed by atoms with Crippen LogP contribution in [-0.4, -0.2) is 36.8 Å². The molecule has 2 heterocycles. The minimum atomic E-state index is -0.512. The van der Waals surface area contributed by atoms with Crippen molar-refractivity contribution in [3.8, 4) is 11.5 Å². The molecule has 2 N–H and O–H groups in total. The van der Waals surface area contributed by atoms with Crippen molar-refractivity contribution in [2.45, 2.75) is 19.8 Å². The van der Waals surface area contributed by atoms with Gasteiger partial charge in [0.2, 0.25) is 0 Å². The lowest BCUT2D eigenvalue weighted by molar-refractivity contribution is 0.234. The predicted octanol–water partition coefficient (Wildman–Crippen LogP) is 5.11. The first-order valence-electron chi connectivity index (χ1n) is 10.9. The largest absolute Gasteiger partial charge is 0.493 e. The topological polar surface area (TPSA) is 68.3 Å². The van der Waals surface area contributed by atoms with Gasteiger partial charge >= 0.3 is 0 Å². The van der Waals surface area contributed by atoms with Gasteiger partial charge in [-0.05, 0) is 68.3 Å². The Morgan fingerprint density at radius 3 is 2.69 bits per heavy atom. The van der Waals surface area contributed by atoms with Gasteiger partial charge in [-0.2, -0.15) is 0 Å². The molecule has 2 aliphatic rings. The predicted molar refractivity (Wildman–Crippen MR) is 124 cm³/mol. The summed E-state index contributed by atoms with van der Waals surface area (Å²) in [5, 5.41) is 7.31. The number of benzene rings is 2. The zero-order chi connectivity index (χ0) is 22.2. The summed E-state index contributed by atoms with van der Waals surface area (Å²) in [5.74, 6) is 3.32. The van der Waals surface area contributed by atoms with Gasteiger partial charge in [0.1, 0.15) is 12.1 Å². The molecule has 1 saturated carbocycles. The number of fused-ring (bicyclic) bond motifs is 2. The van der Waals surface area contributed by atoms with Crippen LogP contribution in [-0.2, 0) is 0 Å². The molecule has 0 radical (unpaired) electrons. The molecule has 1 aliphatic carbocycles. The highest BCUT2D eigenvalue weighted by Gasteiger charge is 2.37. The maximum absolute atomic E-state index is 14.6. The first kappa shape index (κ1) is 21.2. The lowest BCUT2D eigenvalue weighted by Gasteiger charge is -2.17. The minimum Gasteiger partial charge on any atom is -0.493 e. The summed E-state index contributed by atoms with van der Waals surface area (Å²) < 4.78 is 26.4. The SMILES string of the molecule is COc1cc2c(Nc3ccc(C)c(Cl)c3F)ncnc2cc1OCC1C[C@H]2CNC[C@H]2C1. The van der Waals surface area contributed by atoms with E-state index in [0.717, 1.165) is 24.9 Å². The van der Waals surface area contributed by atoms with E-state index in [1.54, 1.807) is 26.2 Å². The summed E-state index contributed by atoms with van der Waals surface area (Å²) in [7, 11) is 1.61. The smallest absolute Gasteiger partial charge is 0.165 e. The van der Waals surface area contributed by atoms with Gasteiger partial charge in [0.05, 0.1) is 29.9 Å². The molecule has 1 saturated heterocycles. The first-order valence-corrected chi connectivity index (χ1v) is 11.3. The van der Waals surface area contributed by atoms with E-state index >= 15 is 0 Å². The highest BCUT2D eigenvalue weighted by molar-refractivity contribution is 6.31. The molecular formula is C24H26ClFN4O2. The van der Waals surface area contributed by atoms with Crippen LogP contribution in [0.3, 0.4) is 0 Å². The quantitative estimate of drug-likeness (QED) is 0.537. The molecule has 0 amide bonds. The second-order valence-corrected chi connectivity index (χ2v) is 9.13. The Hall–Kier alpha value is -2.64. The van der Waals surface area contributed by atoms with Gasteiger partial charge in [0.25, 0.3) is 0 Å². The van der Waals surface area contributed by atoms with E-state index in [-0.39, 0.29) is 10.7 Å². The molecule has 5 rings (SSSR count). The summed E-state index contributed by atoms with van der Waals surface area (Å²) in [4.78, 5) is 8.69. The summed E-state index contributed by atoms with van der Waals surface area (Å²) in [6, 6.07) is 7.09. The van der Waals surface area contributed by atoms with Crippen LogP contribution in [0.25, 0.3) is 10.9 Å². The maximum atomic E-state index is 14.6. The van der Waals surface area contributed by atoms with Crippen LogP contribution in [0.15, 0.2) is 30.6 Å². The van der Waals surface area contributed by atoms with Crippen molar-refractivity contribution in [3.05, 3.63) is 47.0 Å². The highest BCUT2D eigenvalue weighted by atomic mass is 35.5. The number of nitrogens with zero attached hydrogens (tertiary/aromatic N) is 2. The molecule has 1 aliphatic heterocycles. The molecule has 2 aromatic carbocycles. The number of anilines is 2. The molecule has 6 nitrogen and oxygen atoms in total. The van der Waals surface area contributed by atoms with Gasteiger partial charge in [-0.3, -0.25) is 0 Å². The number of rotatable bonds is 6. The number of methoxy groups -OCH3 is 1. The Balaban J connectivity index is 1.39. The molecule has 3 aromatic rings. The standard InChI is InChI=1S/C24H26ClFN4O2/c1-13-3-4-18(23(26)22(13)25)30-24-17-7-20(31-2)21(8-19(17)28-12-29-24)32-11-14-5-15-9-27-10-16(15)6-14/h3-4,7-8,12,14-16,27H,5-6,9-11H2,1-2H3,(H,28,29,30)/t14?,15-,16+. The van der Waals surface area contributed by atoms with Crippen LogP contribution in [0.2, 0.25) is 5.02 Å². The maximum Gasteiger partial charge on any atom is 0.165 e. The van der Waals surface area contributed by atoms with E-state index < -0.39 is 5.82 Å². The molecule has 3 atom stereocenters. The second kappa shape index (κ2) is 8.71. The summed E-state index contributed by atoms with van der Waals surface area (Å²) in [6.07, 6.45) is 3.85. The lowest BCUT2D eigenvalue weighted by atomic mass is 10.0. The molecule has 8 heteroatoms. The number of ether oxygens (including phenoxy) is 2. The third-order valence-electron chi connectivity index (χ3n) is 6.68. The van der Waals surface area contributed by atoms with Gasteiger partial charge in [0.15, 0.2) is 17.3 Å². The highest BCUT2D eigenvalue weighted by Crippen LogP contribution is 2.40. The van der Waals surface area contributed by atoms with E-state index in [9.17, 15) is 4.39 Å². The van der Waals surface area contributed by atoms with Crippen molar-refractivity contribution in [1.82, 2.24) is 15.3 Å². The summed E-state index contributed by atoms with van der Waals surface area (Å²) >= 11 is 6.07. The Kier molecular flexibility index (Phi) is 5.78. The molecule has 0 bridgehead atoms. The zero-order valence-electron chi connectivity index (χ0n) is 18.1. The number of halogens is 2. The fourth-order valence-electron chi connectivity index (χ4n) is 4.94. The molecule has 32 heavy (non-hydrogen) atoms. The van der Waals surface area contributed by atoms with E-state index in [1.807, 2.05) is 12.1 Å². The van der Waals surface area contributed by atoms with Crippen molar-refractivity contribution in [2.75, 3.05) is 32.1 Å². The van der Waals surface area contributed by atoms with Crippen molar-refractivity contribution >= 4 is 34.0 Å². The van der Waals surface area contributed by atoms with Gasteiger partial charge < -0.3 is 20.1 Å². The van der Waals surface area contributed by atoms with Crippen molar-refractivity contribution in [3.63, 3.8) is 0 Å². The normalized spacial score (nSPS) is 22.2. The molecule has 0 spiro atoms. The van der Waals surface area contributed by atoms with Gasteiger partial charge in [-0.25, -0.2) is 14.4 Å². The minimum absolute atomic E-state index is 0.0912. The van der Waals surface area contributed by atoms with E-state index in [4.69, 9.17) is 21.1 Å². The van der Waals surface area contributed by atoms with Crippen LogP contribution in [0.4, 0.5) is 15.9 Å². The monoisotopic (exact) mass is 456 g/mol. The van der Waals surface area contributed by atoms with Crippen LogP contribution in [0.1, 0.15) is 18.4 Å². The third-order valence-corrected chi connectivity index (χ3v) is 7.14. The lowest BCUT2D eigenvalue weighted by Crippen LogP contribution is -2.15. The van der Waals surface area contributed by atoms with Gasteiger partial charge in [0, 0.05) is 11.5 Å². The molecular weight excluding hydrogens is 431 g/mol. The first-order chi connectivity index (χ1) is 15.5. The Morgan fingerprint density at radius 1 is 1.16 bits per heavy atom. The number of hydrogen-bond acceptors (Lipinski definition) is 6. The zero-order valence-corrected chi connectivity index (χ0v) is 18.9.